The van der Waals surface area contributed by atoms with Crippen LogP contribution < -0.4 is 9.62 Å². The fourth-order valence-corrected chi connectivity index (χ4v) is 4.96. The molecule has 7 nitrogen and oxygen atoms in total. The van der Waals surface area contributed by atoms with Crippen molar-refractivity contribution in [1.82, 2.24) is 14.6 Å². The number of carbonyl (C=O) groups is 1. The van der Waals surface area contributed by atoms with E-state index in [9.17, 15) is 13.2 Å². The lowest BCUT2D eigenvalue weighted by molar-refractivity contribution is 0.0745. The normalized spacial score (nSPS) is 17.6. The van der Waals surface area contributed by atoms with E-state index in [0.29, 0.717) is 36.2 Å². The van der Waals surface area contributed by atoms with Crippen molar-refractivity contribution < 1.29 is 13.2 Å². The number of nitrogens with zero attached hydrogens (tertiary/aromatic N) is 3. The molecule has 2 fully saturated rings. The Balaban J connectivity index is 1.48. The van der Waals surface area contributed by atoms with Crippen LogP contribution in [0.2, 0.25) is 0 Å². The molecule has 1 aliphatic heterocycles. The molecule has 0 unspecified atom stereocenters. The standard InChI is InChI=1S/C19H21BrN4O3S/c20-18-4-3-16(28(26,27)22-14-1-2-14)13-17(18)19(25)24-11-9-23(10-12-24)15-5-7-21-8-6-15/h3-8,13-14,22H,1-2,9-12H2. The number of sulfonamides is 1. The quantitative estimate of drug-likeness (QED) is 0.733. The number of amides is 1. The van der Waals surface area contributed by atoms with Gasteiger partial charge in [0.25, 0.3) is 5.91 Å². The van der Waals surface area contributed by atoms with Gasteiger partial charge in [-0.25, -0.2) is 13.1 Å². The molecule has 2 aromatic rings. The highest BCUT2D eigenvalue weighted by molar-refractivity contribution is 9.10. The second-order valence-electron chi connectivity index (χ2n) is 7.02. The SMILES string of the molecule is O=C(c1cc(S(=O)(=O)NC2CC2)ccc1Br)N1CCN(c2ccncc2)CC1. The van der Waals surface area contributed by atoms with Gasteiger partial charge in [-0.2, -0.15) is 0 Å². The number of halogens is 1. The lowest BCUT2D eigenvalue weighted by Gasteiger charge is -2.36. The van der Waals surface area contributed by atoms with Crippen molar-refractivity contribution in [2.75, 3.05) is 31.1 Å². The highest BCUT2D eigenvalue weighted by Gasteiger charge is 2.29. The van der Waals surface area contributed by atoms with Crippen molar-refractivity contribution in [3.63, 3.8) is 0 Å². The molecule has 1 aliphatic carbocycles. The Morgan fingerprint density at radius 1 is 1.07 bits per heavy atom. The van der Waals surface area contributed by atoms with Gasteiger partial charge in [0.15, 0.2) is 0 Å². The molecule has 1 N–H and O–H groups in total. The number of aromatic nitrogens is 1. The van der Waals surface area contributed by atoms with E-state index in [2.05, 4.69) is 30.5 Å². The number of nitrogens with one attached hydrogen (secondary N) is 1. The van der Waals surface area contributed by atoms with Crippen LogP contribution in [0.4, 0.5) is 5.69 Å². The maximum Gasteiger partial charge on any atom is 0.255 e. The largest absolute Gasteiger partial charge is 0.368 e. The predicted molar refractivity (Wildman–Crippen MR) is 110 cm³/mol. The minimum Gasteiger partial charge on any atom is -0.368 e. The first-order valence-electron chi connectivity index (χ1n) is 9.20. The lowest BCUT2D eigenvalue weighted by atomic mass is 10.1. The van der Waals surface area contributed by atoms with Crippen molar-refractivity contribution in [1.29, 1.82) is 0 Å². The number of anilines is 1. The summed E-state index contributed by atoms with van der Waals surface area (Å²) < 4.78 is 28.2. The third-order valence-electron chi connectivity index (χ3n) is 4.97. The van der Waals surface area contributed by atoms with E-state index in [1.807, 2.05) is 12.1 Å². The molecule has 2 heterocycles. The Morgan fingerprint density at radius 2 is 1.75 bits per heavy atom. The smallest absolute Gasteiger partial charge is 0.255 e. The molecule has 1 aromatic carbocycles. The van der Waals surface area contributed by atoms with Crippen molar-refractivity contribution in [2.45, 2.75) is 23.8 Å². The molecule has 0 atom stereocenters. The minimum atomic E-state index is -3.60. The van der Waals surface area contributed by atoms with Gasteiger partial charge in [0, 0.05) is 54.8 Å². The highest BCUT2D eigenvalue weighted by Crippen LogP contribution is 2.26. The van der Waals surface area contributed by atoms with Gasteiger partial charge >= 0.3 is 0 Å². The summed E-state index contributed by atoms with van der Waals surface area (Å²) in [5.74, 6) is -0.162. The number of hydrogen-bond donors (Lipinski definition) is 1. The molecule has 148 valence electrons. The number of piperazine rings is 1. The molecule has 1 saturated heterocycles. The van der Waals surface area contributed by atoms with Gasteiger partial charge in [-0.3, -0.25) is 9.78 Å². The third kappa shape index (κ3) is 4.21. The molecule has 2 aliphatic rings. The number of rotatable bonds is 5. The second-order valence-corrected chi connectivity index (χ2v) is 9.59. The Morgan fingerprint density at radius 3 is 2.39 bits per heavy atom. The van der Waals surface area contributed by atoms with E-state index in [0.717, 1.165) is 18.5 Å². The number of pyridine rings is 1. The minimum absolute atomic E-state index is 0.0223. The van der Waals surface area contributed by atoms with Crippen LogP contribution in [-0.4, -0.2) is 56.4 Å². The molecular formula is C19H21BrN4O3S. The van der Waals surface area contributed by atoms with Crippen LogP contribution in [-0.2, 0) is 10.0 Å². The van der Waals surface area contributed by atoms with Crippen LogP contribution in [0.5, 0.6) is 0 Å². The zero-order valence-corrected chi connectivity index (χ0v) is 17.6. The summed E-state index contributed by atoms with van der Waals surface area (Å²) in [6.45, 7) is 2.58. The maximum atomic E-state index is 13.0. The van der Waals surface area contributed by atoms with Gasteiger partial charge in [-0.05, 0) is 59.1 Å². The van der Waals surface area contributed by atoms with Crippen LogP contribution in [0.1, 0.15) is 23.2 Å². The summed E-state index contributed by atoms with van der Waals surface area (Å²) in [5.41, 5.74) is 1.46. The summed E-state index contributed by atoms with van der Waals surface area (Å²) in [4.78, 5) is 21.2. The van der Waals surface area contributed by atoms with E-state index in [1.54, 1.807) is 23.4 Å². The van der Waals surface area contributed by atoms with Crippen LogP contribution >= 0.6 is 15.9 Å². The average molecular weight is 465 g/mol. The van der Waals surface area contributed by atoms with Crippen LogP contribution in [0.3, 0.4) is 0 Å². The molecule has 1 amide bonds. The molecule has 0 spiro atoms. The Kier molecular flexibility index (Phi) is 5.39. The van der Waals surface area contributed by atoms with Gasteiger partial charge in [0.05, 0.1) is 10.5 Å². The van der Waals surface area contributed by atoms with E-state index in [-0.39, 0.29) is 16.8 Å². The van der Waals surface area contributed by atoms with E-state index in [1.165, 1.54) is 12.1 Å². The van der Waals surface area contributed by atoms with E-state index < -0.39 is 10.0 Å². The maximum absolute atomic E-state index is 13.0. The number of hydrogen-bond acceptors (Lipinski definition) is 5. The second kappa shape index (κ2) is 7.81. The highest BCUT2D eigenvalue weighted by atomic mass is 79.9. The summed E-state index contributed by atoms with van der Waals surface area (Å²) >= 11 is 3.40. The first-order valence-corrected chi connectivity index (χ1v) is 11.5. The third-order valence-corrected chi connectivity index (χ3v) is 7.18. The first kappa shape index (κ1) is 19.4. The van der Waals surface area contributed by atoms with Gasteiger partial charge in [0.1, 0.15) is 0 Å². The summed E-state index contributed by atoms with van der Waals surface area (Å²) in [5, 5.41) is 0. The van der Waals surface area contributed by atoms with Gasteiger partial charge < -0.3 is 9.80 Å². The zero-order chi connectivity index (χ0) is 19.7. The topological polar surface area (TPSA) is 82.6 Å². The monoisotopic (exact) mass is 464 g/mol. The van der Waals surface area contributed by atoms with Crippen molar-refractivity contribution in [3.05, 3.63) is 52.8 Å². The molecular weight excluding hydrogens is 444 g/mol. The number of carbonyl (C=O) groups excluding carboxylic acids is 1. The molecule has 28 heavy (non-hydrogen) atoms. The Labute approximate surface area is 172 Å². The van der Waals surface area contributed by atoms with E-state index in [4.69, 9.17) is 0 Å². The van der Waals surface area contributed by atoms with Crippen molar-refractivity contribution >= 4 is 37.5 Å². The molecule has 1 saturated carbocycles. The Hall–Kier alpha value is -1.97. The van der Waals surface area contributed by atoms with Crippen molar-refractivity contribution in [2.24, 2.45) is 0 Å². The molecule has 1 aromatic heterocycles. The summed E-state index contributed by atoms with van der Waals surface area (Å²) in [6, 6.07) is 8.54. The fourth-order valence-electron chi connectivity index (χ4n) is 3.22. The molecule has 0 bridgehead atoms. The Bertz CT molecular complexity index is 972. The summed E-state index contributed by atoms with van der Waals surface area (Å²) in [7, 11) is -3.60. The van der Waals surface area contributed by atoms with Crippen LogP contribution in [0.25, 0.3) is 0 Å². The summed E-state index contributed by atoms with van der Waals surface area (Å²) in [6.07, 6.45) is 5.24. The number of benzene rings is 1. The van der Waals surface area contributed by atoms with Gasteiger partial charge in [-0.15, -0.1) is 0 Å². The van der Waals surface area contributed by atoms with E-state index >= 15 is 0 Å². The fraction of sp³-hybridized carbons (Fsp3) is 0.368. The van der Waals surface area contributed by atoms with Crippen LogP contribution in [0, 0.1) is 0 Å². The average Bonchev–Trinajstić information content (AvgIpc) is 3.52. The van der Waals surface area contributed by atoms with Gasteiger partial charge in [0.2, 0.25) is 10.0 Å². The zero-order valence-electron chi connectivity index (χ0n) is 15.2. The first-order chi connectivity index (χ1) is 13.4. The predicted octanol–water partition coefficient (Wildman–Crippen LogP) is 2.25. The molecule has 9 heteroatoms. The lowest BCUT2D eigenvalue weighted by Crippen LogP contribution is -2.48. The van der Waals surface area contributed by atoms with Gasteiger partial charge in [-0.1, -0.05) is 0 Å². The van der Waals surface area contributed by atoms with Crippen molar-refractivity contribution in [3.8, 4) is 0 Å². The van der Waals surface area contributed by atoms with Crippen LogP contribution in [0.15, 0.2) is 52.1 Å². The molecule has 4 rings (SSSR count). The molecule has 0 radical (unpaired) electrons.